The minimum absolute atomic E-state index is 0.195. The number of anilines is 1. The van der Waals surface area contributed by atoms with Gasteiger partial charge in [-0.2, -0.15) is 0 Å². The van der Waals surface area contributed by atoms with Crippen molar-refractivity contribution in [2.45, 2.75) is 13.5 Å². The predicted molar refractivity (Wildman–Crippen MR) is 104 cm³/mol. The van der Waals surface area contributed by atoms with Crippen molar-refractivity contribution in [1.82, 2.24) is 19.1 Å². The quantitative estimate of drug-likeness (QED) is 0.535. The normalized spacial score (nSPS) is 11.0. The van der Waals surface area contributed by atoms with Crippen LogP contribution in [0.2, 0.25) is 0 Å². The van der Waals surface area contributed by atoms with E-state index in [4.69, 9.17) is 12.2 Å². The molecule has 26 heavy (non-hydrogen) atoms. The van der Waals surface area contributed by atoms with E-state index in [2.05, 4.69) is 15.3 Å². The van der Waals surface area contributed by atoms with Crippen LogP contribution in [0.5, 0.6) is 0 Å². The van der Waals surface area contributed by atoms with Crippen molar-refractivity contribution in [3.05, 3.63) is 71.3 Å². The van der Waals surface area contributed by atoms with Gasteiger partial charge in [0.05, 0.1) is 11.0 Å². The number of rotatable bonds is 4. The second kappa shape index (κ2) is 6.61. The van der Waals surface area contributed by atoms with E-state index in [-0.39, 0.29) is 5.91 Å². The molecule has 0 spiro atoms. The molecule has 2 N–H and O–H groups in total. The van der Waals surface area contributed by atoms with Crippen molar-refractivity contribution < 1.29 is 4.79 Å². The molecule has 4 rings (SSSR count). The average molecular weight is 363 g/mol. The largest absolute Gasteiger partial charge is 0.337 e. The first kappa shape index (κ1) is 16.3. The summed E-state index contributed by atoms with van der Waals surface area (Å²) >= 11 is 5.21. The number of nitrogens with zero attached hydrogens (tertiary/aromatic N) is 3. The lowest BCUT2D eigenvalue weighted by Crippen LogP contribution is -2.15. The molecular weight excluding hydrogens is 346 g/mol. The number of aromatic amines is 1. The summed E-state index contributed by atoms with van der Waals surface area (Å²) in [6.45, 7) is 2.75. The summed E-state index contributed by atoms with van der Waals surface area (Å²) in [5.74, 6) is 0.356. The van der Waals surface area contributed by atoms with E-state index in [1.165, 1.54) is 0 Å². The first-order valence-electron chi connectivity index (χ1n) is 8.30. The molecule has 130 valence electrons. The molecule has 2 aromatic carbocycles. The van der Waals surface area contributed by atoms with Crippen LogP contribution in [-0.4, -0.2) is 25.0 Å². The molecule has 0 fully saturated rings. The number of benzene rings is 2. The van der Waals surface area contributed by atoms with Crippen LogP contribution >= 0.6 is 12.2 Å². The molecule has 0 radical (unpaired) electrons. The van der Waals surface area contributed by atoms with Crippen molar-refractivity contribution in [2.75, 3.05) is 5.32 Å². The molecule has 0 aliphatic carbocycles. The van der Waals surface area contributed by atoms with Gasteiger partial charge in [-0.25, -0.2) is 4.98 Å². The van der Waals surface area contributed by atoms with Crippen LogP contribution < -0.4 is 5.32 Å². The molecule has 0 bridgehead atoms. The van der Waals surface area contributed by atoms with Gasteiger partial charge in [0.15, 0.2) is 4.77 Å². The Balaban J connectivity index is 1.61. The Kier molecular flexibility index (Phi) is 4.14. The highest BCUT2D eigenvalue weighted by Gasteiger charge is 2.13. The van der Waals surface area contributed by atoms with Gasteiger partial charge in [0, 0.05) is 30.2 Å². The van der Waals surface area contributed by atoms with Gasteiger partial charge >= 0.3 is 0 Å². The summed E-state index contributed by atoms with van der Waals surface area (Å²) in [7, 11) is 0. The van der Waals surface area contributed by atoms with E-state index in [1.54, 1.807) is 18.3 Å². The number of aromatic nitrogens is 4. The lowest BCUT2D eigenvalue weighted by molar-refractivity contribution is 0.102. The highest BCUT2D eigenvalue weighted by atomic mass is 32.1. The second-order valence-electron chi connectivity index (χ2n) is 5.80. The van der Waals surface area contributed by atoms with Gasteiger partial charge in [0.2, 0.25) is 5.95 Å². The molecule has 6 nitrogen and oxygen atoms in total. The number of fused-ring (bicyclic) bond motifs is 1. The first-order valence-corrected chi connectivity index (χ1v) is 8.71. The number of imidazole rings is 2. The Hall–Kier alpha value is -3.19. The number of nitrogens with one attached hydrogen (secondary N) is 2. The van der Waals surface area contributed by atoms with E-state index < -0.39 is 0 Å². The van der Waals surface area contributed by atoms with Crippen molar-refractivity contribution in [3.63, 3.8) is 0 Å². The minimum Gasteiger partial charge on any atom is -0.337 e. The maximum absolute atomic E-state index is 12.6. The molecule has 0 unspecified atom stereocenters. The van der Waals surface area contributed by atoms with E-state index in [0.717, 1.165) is 23.3 Å². The summed E-state index contributed by atoms with van der Waals surface area (Å²) in [5, 5.41) is 2.91. The summed E-state index contributed by atoms with van der Waals surface area (Å²) < 4.78 is 4.44. The van der Waals surface area contributed by atoms with Gasteiger partial charge < -0.3 is 9.55 Å². The van der Waals surface area contributed by atoms with E-state index in [0.29, 0.717) is 16.3 Å². The fraction of sp³-hybridized carbons (Fsp3) is 0.105. The lowest BCUT2D eigenvalue weighted by atomic mass is 10.2. The molecule has 0 aliphatic heterocycles. The fourth-order valence-corrected chi connectivity index (χ4v) is 3.20. The number of H-pyrrole nitrogens is 1. The Morgan fingerprint density at radius 2 is 1.96 bits per heavy atom. The van der Waals surface area contributed by atoms with Crippen LogP contribution in [0.25, 0.3) is 16.7 Å². The van der Waals surface area contributed by atoms with Crippen LogP contribution in [0.1, 0.15) is 17.3 Å². The van der Waals surface area contributed by atoms with Gasteiger partial charge in [-0.05, 0) is 55.5 Å². The maximum atomic E-state index is 12.6. The number of amides is 1. The molecule has 4 aromatic rings. The number of carbonyl (C=O) groups is 1. The highest BCUT2D eigenvalue weighted by Crippen LogP contribution is 2.20. The number of hydrogen-bond acceptors (Lipinski definition) is 3. The minimum atomic E-state index is -0.195. The van der Waals surface area contributed by atoms with Crippen molar-refractivity contribution in [3.8, 4) is 5.69 Å². The molecule has 0 saturated heterocycles. The molecule has 1 amide bonds. The summed E-state index contributed by atoms with van der Waals surface area (Å²) in [6.07, 6.45) is 3.62. The Morgan fingerprint density at radius 1 is 1.19 bits per heavy atom. The van der Waals surface area contributed by atoms with Gasteiger partial charge in [-0.15, -0.1) is 0 Å². The summed E-state index contributed by atoms with van der Waals surface area (Å²) in [6, 6.07) is 15.1. The van der Waals surface area contributed by atoms with Crippen LogP contribution in [0.3, 0.4) is 0 Å². The highest BCUT2D eigenvalue weighted by molar-refractivity contribution is 7.71. The third-order valence-corrected chi connectivity index (χ3v) is 4.57. The molecule has 0 aliphatic rings. The zero-order valence-corrected chi connectivity index (χ0v) is 15.0. The van der Waals surface area contributed by atoms with Crippen molar-refractivity contribution >= 4 is 35.1 Å². The van der Waals surface area contributed by atoms with Gasteiger partial charge in [0.1, 0.15) is 0 Å². The standard InChI is InChI=1S/C19H17N5OS/c1-2-23-16-6-4-3-5-15(16)21-18(23)22-17(25)13-7-9-14(10-8-13)24-12-11-20-19(24)26/h3-12H,2H2,1H3,(H,20,26)(H,21,22,25). The zero-order valence-electron chi connectivity index (χ0n) is 14.1. The Labute approximate surface area is 155 Å². The molecule has 0 saturated carbocycles. The van der Waals surface area contributed by atoms with Crippen LogP contribution in [0, 0.1) is 4.77 Å². The molecule has 2 aromatic heterocycles. The SMILES string of the molecule is CCn1c(NC(=O)c2ccc(-n3cc[nH]c3=S)cc2)nc2ccccc21. The Bertz CT molecular complexity index is 1140. The lowest BCUT2D eigenvalue weighted by Gasteiger charge is -2.08. The molecule has 7 heteroatoms. The van der Waals surface area contributed by atoms with E-state index in [1.807, 2.05) is 58.7 Å². The maximum Gasteiger partial charge on any atom is 0.257 e. The van der Waals surface area contributed by atoms with Gasteiger partial charge in [-0.3, -0.25) is 14.7 Å². The first-order chi connectivity index (χ1) is 12.7. The number of aryl methyl sites for hydroxylation is 1. The smallest absolute Gasteiger partial charge is 0.257 e. The third-order valence-electron chi connectivity index (χ3n) is 4.25. The Morgan fingerprint density at radius 3 is 2.65 bits per heavy atom. The van der Waals surface area contributed by atoms with Crippen molar-refractivity contribution in [2.24, 2.45) is 0 Å². The zero-order chi connectivity index (χ0) is 18.1. The van der Waals surface area contributed by atoms with Crippen LogP contribution in [-0.2, 0) is 6.54 Å². The number of para-hydroxylation sites is 2. The summed E-state index contributed by atoms with van der Waals surface area (Å²) in [4.78, 5) is 20.1. The van der Waals surface area contributed by atoms with Crippen LogP contribution in [0.4, 0.5) is 5.95 Å². The average Bonchev–Trinajstić information content (AvgIpc) is 3.24. The number of hydrogen-bond donors (Lipinski definition) is 2. The number of carbonyl (C=O) groups excluding carboxylic acids is 1. The van der Waals surface area contributed by atoms with Crippen molar-refractivity contribution in [1.29, 1.82) is 0 Å². The topological polar surface area (TPSA) is 67.6 Å². The molecule has 0 atom stereocenters. The second-order valence-corrected chi connectivity index (χ2v) is 6.19. The predicted octanol–water partition coefficient (Wildman–Crippen LogP) is 4.16. The third kappa shape index (κ3) is 2.82. The van der Waals surface area contributed by atoms with E-state index in [9.17, 15) is 4.79 Å². The fourth-order valence-electron chi connectivity index (χ4n) is 2.96. The van der Waals surface area contributed by atoms with Gasteiger partial charge in [0.25, 0.3) is 5.91 Å². The summed E-state index contributed by atoms with van der Waals surface area (Å²) in [5.41, 5.74) is 3.32. The van der Waals surface area contributed by atoms with Gasteiger partial charge in [-0.1, -0.05) is 12.1 Å². The van der Waals surface area contributed by atoms with E-state index >= 15 is 0 Å². The van der Waals surface area contributed by atoms with Crippen LogP contribution in [0.15, 0.2) is 60.9 Å². The molecule has 2 heterocycles. The monoisotopic (exact) mass is 363 g/mol. The molecular formula is C19H17N5OS.